The maximum absolute atomic E-state index is 12.0. The highest BCUT2D eigenvalue weighted by atomic mass is 16.7. The SMILES string of the molecule is COc1ccccc1OCC(=O)NCC(C)(O)c1ccc2c(c1)OCO2. The minimum Gasteiger partial charge on any atom is -0.493 e. The predicted molar refractivity (Wildman–Crippen MR) is 93.6 cm³/mol. The van der Waals surface area contributed by atoms with Gasteiger partial charge in [-0.1, -0.05) is 18.2 Å². The topological polar surface area (TPSA) is 86.3 Å². The van der Waals surface area contributed by atoms with Crippen molar-refractivity contribution < 1.29 is 28.8 Å². The number of rotatable bonds is 7. The fourth-order valence-electron chi connectivity index (χ4n) is 2.54. The van der Waals surface area contributed by atoms with Crippen molar-refractivity contribution in [1.82, 2.24) is 5.32 Å². The summed E-state index contributed by atoms with van der Waals surface area (Å²) >= 11 is 0. The summed E-state index contributed by atoms with van der Waals surface area (Å²) in [5.74, 6) is 1.89. The van der Waals surface area contributed by atoms with E-state index in [4.69, 9.17) is 18.9 Å². The zero-order valence-corrected chi connectivity index (χ0v) is 14.7. The fourth-order valence-corrected chi connectivity index (χ4v) is 2.54. The van der Waals surface area contributed by atoms with Crippen LogP contribution in [0.5, 0.6) is 23.0 Å². The minimum atomic E-state index is -1.26. The Morgan fingerprint density at radius 1 is 1.19 bits per heavy atom. The molecule has 1 atom stereocenters. The van der Waals surface area contributed by atoms with Crippen LogP contribution in [0, 0.1) is 0 Å². The Balaban J connectivity index is 1.55. The third kappa shape index (κ3) is 4.00. The third-order valence-electron chi connectivity index (χ3n) is 4.05. The Bertz CT molecular complexity index is 789. The highest BCUT2D eigenvalue weighted by Crippen LogP contribution is 2.35. The molecule has 0 radical (unpaired) electrons. The molecule has 138 valence electrons. The van der Waals surface area contributed by atoms with Crippen LogP contribution in [0.25, 0.3) is 0 Å². The largest absolute Gasteiger partial charge is 0.493 e. The molecule has 7 nitrogen and oxygen atoms in total. The molecule has 1 unspecified atom stereocenters. The predicted octanol–water partition coefficient (Wildman–Crippen LogP) is 1.83. The first-order valence-electron chi connectivity index (χ1n) is 8.14. The van der Waals surface area contributed by atoms with Gasteiger partial charge < -0.3 is 29.4 Å². The number of methoxy groups -OCH3 is 1. The van der Waals surface area contributed by atoms with Crippen molar-refractivity contribution in [2.45, 2.75) is 12.5 Å². The maximum Gasteiger partial charge on any atom is 0.258 e. The highest BCUT2D eigenvalue weighted by molar-refractivity contribution is 5.77. The van der Waals surface area contributed by atoms with Crippen LogP contribution in [-0.2, 0) is 10.4 Å². The van der Waals surface area contributed by atoms with E-state index >= 15 is 0 Å². The van der Waals surface area contributed by atoms with Crippen LogP contribution < -0.4 is 24.3 Å². The third-order valence-corrected chi connectivity index (χ3v) is 4.05. The fraction of sp³-hybridized carbons (Fsp3) is 0.316. The number of nitrogens with one attached hydrogen (secondary N) is 1. The maximum atomic E-state index is 12.0. The quantitative estimate of drug-likeness (QED) is 0.784. The molecule has 0 aromatic heterocycles. The molecule has 7 heteroatoms. The Labute approximate surface area is 151 Å². The van der Waals surface area contributed by atoms with E-state index < -0.39 is 5.60 Å². The first kappa shape index (κ1) is 17.9. The van der Waals surface area contributed by atoms with Crippen molar-refractivity contribution in [3.63, 3.8) is 0 Å². The van der Waals surface area contributed by atoms with Gasteiger partial charge in [-0.05, 0) is 36.8 Å². The van der Waals surface area contributed by atoms with E-state index in [0.29, 0.717) is 28.6 Å². The van der Waals surface area contributed by atoms with E-state index in [1.165, 1.54) is 7.11 Å². The number of amides is 1. The Kier molecular flexibility index (Phi) is 5.18. The molecule has 0 saturated heterocycles. The number of carbonyl (C=O) groups is 1. The molecular weight excluding hydrogens is 338 g/mol. The highest BCUT2D eigenvalue weighted by Gasteiger charge is 2.26. The Morgan fingerprint density at radius 3 is 2.69 bits per heavy atom. The van der Waals surface area contributed by atoms with E-state index in [9.17, 15) is 9.90 Å². The van der Waals surface area contributed by atoms with Gasteiger partial charge in [0, 0.05) is 0 Å². The van der Waals surface area contributed by atoms with Gasteiger partial charge in [0.1, 0.15) is 5.60 Å². The number of carbonyl (C=O) groups excluding carboxylic acids is 1. The van der Waals surface area contributed by atoms with Crippen molar-refractivity contribution in [3.8, 4) is 23.0 Å². The van der Waals surface area contributed by atoms with Crippen molar-refractivity contribution in [1.29, 1.82) is 0 Å². The second-order valence-corrected chi connectivity index (χ2v) is 6.06. The van der Waals surface area contributed by atoms with Crippen LogP contribution in [0.4, 0.5) is 0 Å². The first-order chi connectivity index (χ1) is 12.5. The lowest BCUT2D eigenvalue weighted by Crippen LogP contribution is -2.40. The molecule has 26 heavy (non-hydrogen) atoms. The lowest BCUT2D eigenvalue weighted by atomic mass is 9.95. The zero-order valence-electron chi connectivity index (χ0n) is 14.7. The van der Waals surface area contributed by atoms with Gasteiger partial charge in [-0.2, -0.15) is 0 Å². The van der Waals surface area contributed by atoms with Crippen LogP contribution in [0.15, 0.2) is 42.5 Å². The number of ether oxygens (including phenoxy) is 4. The van der Waals surface area contributed by atoms with Gasteiger partial charge in [-0.3, -0.25) is 4.79 Å². The summed E-state index contributed by atoms with van der Waals surface area (Å²) in [6.45, 7) is 1.63. The lowest BCUT2D eigenvalue weighted by Gasteiger charge is -2.24. The average molecular weight is 359 g/mol. The monoisotopic (exact) mass is 359 g/mol. The van der Waals surface area contributed by atoms with Gasteiger partial charge >= 0.3 is 0 Å². The summed E-state index contributed by atoms with van der Waals surface area (Å²) in [6, 6.07) is 12.3. The van der Waals surface area contributed by atoms with Gasteiger partial charge in [0.25, 0.3) is 5.91 Å². The summed E-state index contributed by atoms with van der Waals surface area (Å²) in [5.41, 5.74) is -0.645. The Morgan fingerprint density at radius 2 is 1.92 bits per heavy atom. The molecule has 2 aromatic rings. The summed E-state index contributed by atoms with van der Waals surface area (Å²) in [7, 11) is 1.53. The van der Waals surface area contributed by atoms with E-state index in [1.54, 1.807) is 43.3 Å². The number of hydrogen-bond acceptors (Lipinski definition) is 6. The van der Waals surface area contributed by atoms with Gasteiger partial charge in [-0.25, -0.2) is 0 Å². The number of hydrogen-bond donors (Lipinski definition) is 2. The molecule has 1 aliphatic rings. The smallest absolute Gasteiger partial charge is 0.258 e. The number of benzene rings is 2. The second-order valence-electron chi connectivity index (χ2n) is 6.06. The van der Waals surface area contributed by atoms with Gasteiger partial charge in [-0.15, -0.1) is 0 Å². The standard InChI is InChI=1S/C19H21NO6/c1-19(22,13-7-8-16-17(9-13)26-12-25-16)11-20-18(21)10-24-15-6-4-3-5-14(15)23-2/h3-9,22H,10-12H2,1-2H3,(H,20,21). The minimum absolute atomic E-state index is 0.0285. The van der Waals surface area contributed by atoms with E-state index in [2.05, 4.69) is 5.32 Å². The average Bonchev–Trinajstić information content (AvgIpc) is 3.12. The number of fused-ring (bicyclic) bond motifs is 1. The summed E-state index contributed by atoms with van der Waals surface area (Å²) < 4.78 is 21.2. The van der Waals surface area contributed by atoms with Crippen LogP contribution in [0.1, 0.15) is 12.5 Å². The van der Waals surface area contributed by atoms with Gasteiger partial charge in [0.15, 0.2) is 29.6 Å². The van der Waals surface area contributed by atoms with Gasteiger partial charge in [0.05, 0.1) is 13.7 Å². The second kappa shape index (κ2) is 7.53. The molecule has 2 N–H and O–H groups in total. The molecule has 2 aromatic carbocycles. The normalized spacial score (nSPS) is 14.4. The number of para-hydroxylation sites is 2. The van der Waals surface area contributed by atoms with E-state index in [-0.39, 0.29) is 25.9 Å². The van der Waals surface area contributed by atoms with Crippen LogP contribution >= 0.6 is 0 Å². The molecule has 0 aliphatic carbocycles. The summed E-state index contributed by atoms with van der Waals surface area (Å²) in [4.78, 5) is 12.0. The van der Waals surface area contributed by atoms with Crippen LogP contribution in [-0.4, -0.2) is 38.1 Å². The number of aliphatic hydroxyl groups is 1. The molecule has 0 bridgehead atoms. The van der Waals surface area contributed by atoms with E-state index in [1.807, 2.05) is 6.07 Å². The Hall–Kier alpha value is -2.93. The molecular formula is C19H21NO6. The van der Waals surface area contributed by atoms with Crippen LogP contribution in [0.2, 0.25) is 0 Å². The van der Waals surface area contributed by atoms with Gasteiger partial charge in [0.2, 0.25) is 6.79 Å². The van der Waals surface area contributed by atoms with Crippen molar-refractivity contribution in [2.24, 2.45) is 0 Å². The first-order valence-corrected chi connectivity index (χ1v) is 8.14. The molecule has 0 spiro atoms. The van der Waals surface area contributed by atoms with Crippen molar-refractivity contribution in [3.05, 3.63) is 48.0 Å². The van der Waals surface area contributed by atoms with Crippen molar-refractivity contribution in [2.75, 3.05) is 27.1 Å². The molecule has 1 aliphatic heterocycles. The lowest BCUT2D eigenvalue weighted by molar-refractivity contribution is -0.124. The van der Waals surface area contributed by atoms with E-state index in [0.717, 1.165) is 0 Å². The summed E-state index contributed by atoms with van der Waals surface area (Å²) in [5, 5.41) is 13.3. The molecule has 3 rings (SSSR count). The molecule has 1 amide bonds. The zero-order chi connectivity index (χ0) is 18.6. The summed E-state index contributed by atoms with van der Waals surface area (Å²) in [6.07, 6.45) is 0. The van der Waals surface area contributed by atoms with Crippen molar-refractivity contribution >= 4 is 5.91 Å². The van der Waals surface area contributed by atoms with Crippen LogP contribution in [0.3, 0.4) is 0 Å². The molecule has 0 fully saturated rings. The molecule has 0 saturated carbocycles. The molecule has 1 heterocycles.